The predicted molar refractivity (Wildman–Crippen MR) is 70.4 cm³/mol. The first-order chi connectivity index (χ1) is 8.72. The van der Waals surface area contributed by atoms with Crippen LogP contribution >= 0.6 is 0 Å². The lowest BCUT2D eigenvalue weighted by molar-refractivity contribution is -0.0141. The number of nitriles is 1. The molecule has 0 amide bonds. The monoisotopic (exact) mass is 267 g/mol. The molecule has 0 atom stereocenters. The van der Waals surface area contributed by atoms with Crippen molar-refractivity contribution in [1.82, 2.24) is 0 Å². The lowest BCUT2D eigenvalue weighted by atomic mass is 9.85. The van der Waals surface area contributed by atoms with Gasteiger partial charge < -0.3 is 4.74 Å². The van der Waals surface area contributed by atoms with Gasteiger partial charge in [-0.25, -0.2) is 8.78 Å². The Kier molecular flexibility index (Phi) is 4.52. The van der Waals surface area contributed by atoms with Gasteiger partial charge in [-0.05, 0) is 23.1 Å². The smallest absolute Gasteiger partial charge is 0.277 e. The Labute approximate surface area is 113 Å². The van der Waals surface area contributed by atoms with Crippen LogP contribution < -0.4 is 4.74 Å². The van der Waals surface area contributed by atoms with Crippen molar-refractivity contribution in [2.24, 2.45) is 0 Å². The number of benzene rings is 1. The van der Waals surface area contributed by atoms with E-state index in [9.17, 15) is 8.78 Å². The SMILES string of the molecule is COc1ccc(C(C)(C)C)cc1C(F)(F)CCC#N. The zero-order chi connectivity index (χ0) is 14.7. The first-order valence-corrected chi connectivity index (χ1v) is 6.16. The van der Waals surface area contributed by atoms with Crippen molar-refractivity contribution in [3.8, 4) is 11.8 Å². The van der Waals surface area contributed by atoms with Crippen LogP contribution in [0, 0.1) is 11.3 Å². The number of hydrogen-bond acceptors (Lipinski definition) is 2. The fraction of sp³-hybridized carbons (Fsp3) is 0.533. The second-order valence-corrected chi connectivity index (χ2v) is 5.53. The number of halogens is 2. The zero-order valence-electron chi connectivity index (χ0n) is 11.8. The minimum atomic E-state index is -3.05. The van der Waals surface area contributed by atoms with E-state index < -0.39 is 12.3 Å². The number of rotatable bonds is 4. The molecule has 1 rings (SSSR count). The van der Waals surface area contributed by atoms with Crippen molar-refractivity contribution >= 4 is 0 Å². The number of ether oxygens (including phenoxy) is 1. The van der Waals surface area contributed by atoms with Crippen LogP contribution in [-0.2, 0) is 11.3 Å². The van der Waals surface area contributed by atoms with E-state index in [0.29, 0.717) is 0 Å². The van der Waals surface area contributed by atoms with Crippen LogP contribution in [0.3, 0.4) is 0 Å². The van der Waals surface area contributed by atoms with Crippen LogP contribution in [0.25, 0.3) is 0 Å². The predicted octanol–water partition coefficient (Wildman–Crippen LogP) is 4.39. The molecule has 1 aromatic rings. The highest BCUT2D eigenvalue weighted by Gasteiger charge is 2.35. The highest BCUT2D eigenvalue weighted by atomic mass is 19.3. The number of alkyl halides is 2. The van der Waals surface area contributed by atoms with Crippen LogP contribution in [0.2, 0.25) is 0 Å². The van der Waals surface area contributed by atoms with Gasteiger partial charge in [0.25, 0.3) is 5.92 Å². The Hall–Kier alpha value is -1.63. The molecule has 19 heavy (non-hydrogen) atoms. The molecule has 0 aliphatic rings. The average molecular weight is 267 g/mol. The largest absolute Gasteiger partial charge is 0.496 e. The molecule has 4 heteroatoms. The summed E-state index contributed by atoms with van der Waals surface area (Å²) in [5.74, 6) is -2.89. The Morgan fingerprint density at radius 1 is 1.26 bits per heavy atom. The van der Waals surface area contributed by atoms with Crippen molar-refractivity contribution in [3.05, 3.63) is 29.3 Å². The molecule has 0 aliphatic heterocycles. The lowest BCUT2D eigenvalue weighted by Gasteiger charge is -2.24. The summed E-state index contributed by atoms with van der Waals surface area (Å²) in [6.07, 6.45) is -0.677. The van der Waals surface area contributed by atoms with E-state index in [-0.39, 0.29) is 23.1 Å². The van der Waals surface area contributed by atoms with Gasteiger partial charge >= 0.3 is 0 Å². The average Bonchev–Trinajstić information content (AvgIpc) is 2.34. The van der Waals surface area contributed by atoms with Crippen molar-refractivity contribution in [2.75, 3.05) is 7.11 Å². The summed E-state index contributed by atoms with van der Waals surface area (Å²) in [5, 5.41) is 8.47. The van der Waals surface area contributed by atoms with Gasteiger partial charge in [-0.1, -0.05) is 26.8 Å². The van der Waals surface area contributed by atoms with Gasteiger partial charge in [-0.15, -0.1) is 0 Å². The summed E-state index contributed by atoms with van der Waals surface area (Å²) in [6.45, 7) is 5.89. The topological polar surface area (TPSA) is 33.0 Å². The Morgan fingerprint density at radius 2 is 1.89 bits per heavy atom. The maximum atomic E-state index is 14.1. The van der Waals surface area contributed by atoms with Crippen LogP contribution in [0.4, 0.5) is 8.78 Å². The minimum absolute atomic E-state index is 0.141. The van der Waals surface area contributed by atoms with Crippen LogP contribution in [0.5, 0.6) is 5.75 Å². The Balaban J connectivity index is 3.27. The summed E-state index contributed by atoms with van der Waals surface area (Å²) in [7, 11) is 1.37. The molecule has 0 fully saturated rings. The van der Waals surface area contributed by atoms with Crippen molar-refractivity contribution in [1.29, 1.82) is 5.26 Å². The van der Waals surface area contributed by atoms with E-state index in [1.165, 1.54) is 13.2 Å². The molecule has 0 unspecified atom stereocenters. The van der Waals surface area contributed by atoms with Gasteiger partial charge in [0.2, 0.25) is 0 Å². The van der Waals surface area contributed by atoms with Crippen molar-refractivity contribution in [2.45, 2.75) is 45.0 Å². The third-order valence-corrected chi connectivity index (χ3v) is 3.01. The Bertz CT molecular complexity index is 484. The molecular formula is C15H19F2NO. The van der Waals surface area contributed by atoms with Gasteiger partial charge in [0.1, 0.15) is 5.75 Å². The van der Waals surface area contributed by atoms with Gasteiger partial charge in [0, 0.05) is 12.8 Å². The molecule has 0 bridgehead atoms. The van der Waals surface area contributed by atoms with Crippen LogP contribution in [-0.4, -0.2) is 7.11 Å². The normalized spacial score (nSPS) is 12.1. The molecule has 0 aliphatic carbocycles. The van der Waals surface area contributed by atoms with E-state index in [2.05, 4.69) is 0 Å². The molecule has 0 saturated carbocycles. The second kappa shape index (κ2) is 5.56. The van der Waals surface area contributed by atoms with Crippen molar-refractivity contribution in [3.63, 3.8) is 0 Å². The third kappa shape index (κ3) is 3.66. The molecule has 0 spiro atoms. The molecule has 0 radical (unpaired) electrons. The summed E-state index contributed by atoms with van der Waals surface area (Å²) in [5.41, 5.74) is 0.462. The lowest BCUT2D eigenvalue weighted by Crippen LogP contribution is -2.18. The Morgan fingerprint density at radius 3 is 2.37 bits per heavy atom. The standard InChI is InChI=1S/C15H19F2NO/c1-14(2,3)11-6-7-13(19-4)12(10-11)15(16,17)8-5-9-18/h6-7,10H,5,8H2,1-4H3. The zero-order valence-corrected chi connectivity index (χ0v) is 11.8. The fourth-order valence-corrected chi connectivity index (χ4v) is 1.81. The molecule has 0 saturated heterocycles. The molecular weight excluding hydrogens is 248 g/mol. The first kappa shape index (κ1) is 15.4. The summed E-state index contributed by atoms with van der Waals surface area (Å²) in [6, 6.07) is 6.60. The maximum Gasteiger partial charge on any atom is 0.277 e. The number of nitrogens with zero attached hydrogens (tertiary/aromatic N) is 1. The fourth-order valence-electron chi connectivity index (χ4n) is 1.81. The summed E-state index contributed by atoms with van der Waals surface area (Å²) in [4.78, 5) is 0. The van der Waals surface area contributed by atoms with E-state index in [0.717, 1.165) is 5.56 Å². The van der Waals surface area contributed by atoms with Gasteiger partial charge in [0.15, 0.2) is 0 Å². The van der Waals surface area contributed by atoms with E-state index >= 15 is 0 Å². The highest BCUT2D eigenvalue weighted by molar-refractivity contribution is 5.42. The summed E-state index contributed by atoms with van der Waals surface area (Å²) < 4.78 is 33.3. The maximum absolute atomic E-state index is 14.1. The molecule has 0 aromatic heterocycles. The van der Waals surface area contributed by atoms with E-state index in [4.69, 9.17) is 10.00 Å². The minimum Gasteiger partial charge on any atom is -0.496 e. The first-order valence-electron chi connectivity index (χ1n) is 6.16. The van der Waals surface area contributed by atoms with E-state index in [1.807, 2.05) is 20.8 Å². The molecule has 1 aromatic carbocycles. The molecule has 104 valence electrons. The molecule has 0 N–H and O–H groups in total. The number of methoxy groups -OCH3 is 1. The van der Waals surface area contributed by atoms with Gasteiger partial charge in [-0.2, -0.15) is 5.26 Å². The molecule has 2 nitrogen and oxygen atoms in total. The highest BCUT2D eigenvalue weighted by Crippen LogP contribution is 2.40. The van der Waals surface area contributed by atoms with Crippen LogP contribution in [0.15, 0.2) is 18.2 Å². The van der Waals surface area contributed by atoms with Gasteiger partial charge in [-0.3, -0.25) is 0 Å². The second-order valence-electron chi connectivity index (χ2n) is 5.53. The quantitative estimate of drug-likeness (QED) is 0.810. The van der Waals surface area contributed by atoms with E-state index in [1.54, 1.807) is 18.2 Å². The van der Waals surface area contributed by atoms with Crippen LogP contribution in [0.1, 0.15) is 44.7 Å². The number of hydrogen-bond donors (Lipinski definition) is 0. The van der Waals surface area contributed by atoms with Crippen molar-refractivity contribution < 1.29 is 13.5 Å². The molecule has 0 heterocycles. The summed E-state index contributed by atoms with van der Waals surface area (Å²) >= 11 is 0. The third-order valence-electron chi connectivity index (χ3n) is 3.01. The van der Waals surface area contributed by atoms with Gasteiger partial charge in [0.05, 0.1) is 18.7 Å².